The number of hydrogen-bond donors (Lipinski definition) is 2. The first-order valence-corrected chi connectivity index (χ1v) is 9.34. The highest BCUT2D eigenvalue weighted by Gasteiger charge is 2.34. The van der Waals surface area contributed by atoms with E-state index >= 15 is 0 Å². The first-order chi connectivity index (χ1) is 13.1. The highest BCUT2D eigenvalue weighted by atomic mass is 32.2. The summed E-state index contributed by atoms with van der Waals surface area (Å²) >= 11 is 1.64. The van der Waals surface area contributed by atoms with Gasteiger partial charge in [-0.2, -0.15) is 0 Å². The molecular weight excluding hydrogens is 368 g/mol. The molecule has 0 spiro atoms. The van der Waals surface area contributed by atoms with Gasteiger partial charge in [-0.3, -0.25) is 4.79 Å². The lowest BCUT2D eigenvalue weighted by molar-refractivity contribution is -0.136. The maximum absolute atomic E-state index is 12.5. The van der Waals surface area contributed by atoms with Gasteiger partial charge in [0.2, 0.25) is 0 Å². The third kappa shape index (κ3) is 4.53. The van der Waals surface area contributed by atoms with Gasteiger partial charge >= 0.3 is 5.97 Å². The predicted molar refractivity (Wildman–Crippen MR) is 101 cm³/mol. The Hall–Kier alpha value is -2.71. The van der Waals surface area contributed by atoms with E-state index in [0.29, 0.717) is 5.69 Å². The monoisotopic (exact) mass is 388 g/mol. The summed E-state index contributed by atoms with van der Waals surface area (Å²) in [6.07, 6.45) is 1.65. The summed E-state index contributed by atoms with van der Waals surface area (Å²) in [5, 5.41) is 12.1. The van der Waals surface area contributed by atoms with Crippen molar-refractivity contribution in [3.8, 4) is 0 Å². The number of esters is 1. The number of amides is 1. The van der Waals surface area contributed by atoms with E-state index in [0.717, 1.165) is 16.4 Å². The van der Waals surface area contributed by atoms with Gasteiger partial charge in [0, 0.05) is 17.1 Å². The van der Waals surface area contributed by atoms with E-state index in [1.165, 1.54) is 12.0 Å². The highest BCUT2D eigenvalue weighted by Crippen LogP contribution is 2.27. The van der Waals surface area contributed by atoms with Crippen molar-refractivity contribution in [2.24, 2.45) is 0 Å². The minimum absolute atomic E-state index is 0.117. The van der Waals surface area contributed by atoms with Gasteiger partial charge in [-0.25, -0.2) is 4.79 Å². The van der Waals surface area contributed by atoms with E-state index in [2.05, 4.69) is 5.32 Å². The van der Waals surface area contributed by atoms with Crippen LogP contribution in [0.1, 0.15) is 5.76 Å². The number of methoxy groups -OCH3 is 1. The zero-order valence-corrected chi connectivity index (χ0v) is 15.6. The molecule has 0 saturated carbocycles. The van der Waals surface area contributed by atoms with Crippen molar-refractivity contribution in [1.29, 1.82) is 0 Å². The van der Waals surface area contributed by atoms with Crippen LogP contribution in [0.4, 0.5) is 5.69 Å². The van der Waals surface area contributed by atoms with Gasteiger partial charge in [0.15, 0.2) is 0 Å². The lowest BCUT2D eigenvalue weighted by Crippen LogP contribution is -2.31. The Morgan fingerprint density at radius 1 is 1.33 bits per heavy atom. The van der Waals surface area contributed by atoms with E-state index in [4.69, 9.17) is 14.3 Å². The summed E-state index contributed by atoms with van der Waals surface area (Å²) in [5.41, 5.74) is 1.13. The molecular formula is C19H20N2O5S. The van der Waals surface area contributed by atoms with Gasteiger partial charge in [0.05, 0.1) is 37.9 Å². The molecule has 0 fully saturated rings. The molecule has 27 heavy (non-hydrogen) atoms. The number of nitrogens with one attached hydrogen (secondary N) is 1. The Balaban J connectivity index is 1.70. The zero-order chi connectivity index (χ0) is 19.2. The lowest BCUT2D eigenvalue weighted by Gasteiger charge is -2.15. The molecule has 0 unspecified atom stereocenters. The SMILES string of the molecule is COC(=O)C1=C(Nc2ccc(SCc3ccco3)cc2)C(=O)N(CCO)C1. The number of carbonyl (C=O) groups excluding carboxylic acids is 2. The van der Waals surface area contributed by atoms with Crippen molar-refractivity contribution in [3.63, 3.8) is 0 Å². The number of rotatable bonds is 8. The summed E-state index contributed by atoms with van der Waals surface area (Å²) in [4.78, 5) is 27.0. The van der Waals surface area contributed by atoms with Crippen molar-refractivity contribution in [2.45, 2.75) is 10.6 Å². The van der Waals surface area contributed by atoms with Crippen LogP contribution in [0, 0.1) is 0 Å². The molecule has 142 valence electrons. The Morgan fingerprint density at radius 3 is 2.74 bits per heavy atom. The summed E-state index contributed by atoms with van der Waals surface area (Å²) in [5.74, 6) is 0.736. The number of aliphatic hydroxyl groups is 1. The fraction of sp³-hybridized carbons (Fsp3) is 0.263. The van der Waals surface area contributed by atoms with Crippen LogP contribution in [0.15, 0.2) is 63.2 Å². The van der Waals surface area contributed by atoms with Crippen molar-refractivity contribution < 1.29 is 23.8 Å². The minimum atomic E-state index is -0.558. The Morgan fingerprint density at radius 2 is 2.11 bits per heavy atom. The molecule has 0 saturated heterocycles. The number of carbonyl (C=O) groups is 2. The molecule has 1 aromatic heterocycles. The van der Waals surface area contributed by atoms with Crippen LogP contribution in [0.3, 0.4) is 0 Å². The third-order valence-corrected chi connectivity index (χ3v) is 5.07. The first-order valence-electron chi connectivity index (χ1n) is 8.36. The molecule has 1 amide bonds. The van der Waals surface area contributed by atoms with Gasteiger partial charge in [0.1, 0.15) is 11.5 Å². The van der Waals surface area contributed by atoms with Crippen LogP contribution >= 0.6 is 11.8 Å². The molecule has 1 aromatic carbocycles. The molecule has 0 aliphatic carbocycles. The number of benzene rings is 1. The normalized spacial score (nSPS) is 14.0. The summed E-state index contributed by atoms with van der Waals surface area (Å²) in [6.45, 7) is 0.105. The molecule has 1 aliphatic rings. The third-order valence-electron chi connectivity index (χ3n) is 4.04. The van der Waals surface area contributed by atoms with Gasteiger partial charge < -0.3 is 24.5 Å². The van der Waals surface area contributed by atoms with E-state index < -0.39 is 5.97 Å². The molecule has 0 bridgehead atoms. The second kappa shape index (κ2) is 8.79. The average Bonchev–Trinajstić information content (AvgIpc) is 3.31. The Kier molecular flexibility index (Phi) is 6.20. The van der Waals surface area contributed by atoms with Crippen molar-refractivity contribution in [3.05, 3.63) is 59.7 Å². The number of β-amino-alcohol motifs (C(OH)–C–C–N with tert-alkyl or cyclic N) is 1. The van der Waals surface area contributed by atoms with Crippen molar-refractivity contribution in [1.82, 2.24) is 4.90 Å². The predicted octanol–water partition coefficient (Wildman–Crippen LogP) is 2.25. The zero-order valence-electron chi connectivity index (χ0n) is 14.8. The number of nitrogens with zero attached hydrogens (tertiary/aromatic N) is 1. The second-order valence-electron chi connectivity index (χ2n) is 5.81. The fourth-order valence-electron chi connectivity index (χ4n) is 2.68. The second-order valence-corrected chi connectivity index (χ2v) is 6.86. The largest absolute Gasteiger partial charge is 0.468 e. The topological polar surface area (TPSA) is 92.0 Å². The standard InChI is InChI=1S/C19H20N2O5S/c1-25-19(24)16-11-21(8-9-22)18(23)17(16)20-13-4-6-15(7-5-13)27-12-14-3-2-10-26-14/h2-7,10,20,22H,8-9,11-12H2,1H3. The lowest BCUT2D eigenvalue weighted by atomic mass is 10.2. The van der Waals surface area contributed by atoms with Gasteiger partial charge in [-0.05, 0) is 36.4 Å². The van der Waals surface area contributed by atoms with Crippen LogP contribution in [0.5, 0.6) is 0 Å². The van der Waals surface area contributed by atoms with E-state index in [1.807, 2.05) is 36.4 Å². The Labute approximate surface area is 161 Å². The van der Waals surface area contributed by atoms with Gasteiger partial charge in [0.25, 0.3) is 5.91 Å². The number of thioether (sulfide) groups is 1. The summed E-state index contributed by atoms with van der Waals surface area (Å²) in [6, 6.07) is 11.3. The number of furan rings is 1. The van der Waals surface area contributed by atoms with Crippen LogP contribution in [0.25, 0.3) is 0 Å². The molecule has 1 aliphatic heterocycles. The average molecular weight is 388 g/mol. The molecule has 8 heteroatoms. The van der Waals surface area contributed by atoms with Crippen LogP contribution in [0.2, 0.25) is 0 Å². The van der Waals surface area contributed by atoms with Crippen molar-refractivity contribution >= 4 is 29.3 Å². The quantitative estimate of drug-likeness (QED) is 0.529. The summed E-state index contributed by atoms with van der Waals surface area (Å²) in [7, 11) is 1.27. The fourth-order valence-corrected chi connectivity index (χ4v) is 3.48. The Bertz CT molecular complexity index is 830. The van der Waals surface area contributed by atoms with Crippen LogP contribution in [-0.4, -0.2) is 48.7 Å². The number of ether oxygens (including phenoxy) is 1. The maximum Gasteiger partial charge on any atom is 0.337 e. The number of hydrogen-bond acceptors (Lipinski definition) is 7. The number of anilines is 1. The van der Waals surface area contributed by atoms with Gasteiger partial charge in [-0.1, -0.05) is 0 Å². The van der Waals surface area contributed by atoms with Gasteiger partial charge in [-0.15, -0.1) is 11.8 Å². The van der Waals surface area contributed by atoms with Crippen LogP contribution in [-0.2, 0) is 20.1 Å². The molecule has 0 atom stereocenters. The summed E-state index contributed by atoms with van der Waals surface area (Å²) < 4.78 is 10.1. The number of aliphatic hydroxyl groups excluding tert-OH is 1. The van der Waals surface area contributed by atoms with Crippen molar-refractivity contribution in [2.75, 3.05) is 32.1 Å². The highest BCUT2D eigenvalue weighted by molar-refractivity contribution is 7.98. The molecule has 0 radical (unpaired) electrons. The van der Waals surface area contributed by atoms with E-state index in [9.17, 15) is 9.59 Å². The smallest absolute Gasteiger partial charge is 0.337 e. The minimum Gasteiger partial charge on any atom is -0.468 e. The van der Waals surface area contributed by atoms with Crippen LogP contribution < -0.4 is 5.32 Å². The molecule has 2 aromatic rings. The molecule has 2 heterocycles. The molecule has 7 nitrogen and oxygen atoms in total. The maximum atomic E-state index is 12.5. The van der Waals surface area contributed by atoms with E-state index in [1.54, 1.807) is 18.0 Å². The molecule has 2 N–H and O–H groups in total. The first kappa shape index (κ1) is 19.1. The van der Waals surface area contributed by atoms with E-state index in [-0.39, 0.29) is 36.9 Å². The molecule has 3 rings (SSSR count).